The predicted octanol–water partition coefficient (Wildman–Crippen LogP) is 4.20. The van der Waals surface area contributed by atoms with Crippen molar-refractivity contribution < 1.29 is 18.0 Å². The predicted molar refractivity (Wildman–Crippen MR) is 136 cm³/mol. The van der Waals surface area contributed by atoms with Crippen molar-refractivity contribution in [3.05, 3.63) is 63.6 Å². The molecule has 0 aliphatic rings. The Labute approximate surface area is 209 Å². The molecule has 2 rings (SSSR count). The van der Waals surface area contributed by atoms with E-state index in [-0.39, 0.29) is 29.2 Å². The van der Waals surface area contributed by atoms with Crippen LogP contribution in [0.3, 0.4) is 0 Å². The lowest BCUT2D eigenvalue weighted by atomic mass is 10.1. The smallest absolute Gasteiger partial charge is 0.244 e. The van der Waals surface area contributed by atoms with Crippen LogP contribution in [0.1, 0.15) is 32.8 Å². The molecule has 0 heterocycles. The molecule has 0 bridgehead atoms. The van der Waals surface area contributed by atoms with Crippen molar-refractivity contribution in [2.75, 3.05) is 17.1 Å². The molecule has 0 radical (unpaired) electrons. The first kappa shape index (κ1) is 27.1. The van der Waals surface area contributed by atoms with Crippen LogP contribution in [-0.4, -0.2) is 50.0 Å². The number of nitrogens with zero attached hydrogens (tertiary/aromatic N) is 2. The Morgan fingerprint density at radius 2 is 1.70 bits per heavy atom. The number of halogens is 2. The molecule has 180 valence electrons. The van der Waals surface area contributed by atoms with Gasteiger partial charge >= 0.3 is 0 Å². The number of nitrogens with one attached hydrogen (secondary N) is 1. The molecule has 0 saturated heterocycles. The molecule has 2 amide bonds. The number of para-hydroxylation sites is 1. The second-order valence-electron chi connectivity index (χ2n) is 7.86. The van der Waals surface area contributed by atoms with Crippen LogP contribution in [-0.2, 0) is 26.2 Å². The fourth-order valence-electron chi connectivity index (χ4n) is 3.08. The lowest BCUT2D eigenvalue weighted by Gasteiger charge is -2.32. The molecule has 2 aromatic carbocycles. The maximum atomic E-state index is 13.4. The van der Waals surface area contributed by atoms with Crippen molar-refractivity contribution in [1.82, 2.24) is 10.2 Å². The van der Waals surface area contributed by atoms with E-state index in [0.717, 1.165) is 27.0 Å². The summed E-state index contributed by atoms with van der Waals surface area (Å²) >= 11 is 9.60. The van der Waals surface area contributed by atoms with Gasteiger partial charge in [0.1, 0.15) is 12.6 Å². The van der Waals surface area contributed by atoms with E-state index in [9.17, 15) is 18.0 Å². The van der Waals surface area contributed by atoms with Gasteiger partial charge in [-0.3, -0.25) is 13.9 Å². The molecule has 0 aliphatic heterocycles. The summed E-state index contributed by atoms with van der Waals surface area (Å²) in [5, 5.41) is 3.10. The van der Waals surface area contributed by atoms with E-state index in [1.165, 1.54) is 11.0 Å². The van der Waals surface area contributed by atoms with E-state index < -0.39 is 28.5 Å². The minimum Gasteiger partial charge on any atom is -0.352 e. The molecule has 2 aromatic rings. The van der Waals surface area contributed by atoms with Crippen LogP contribution >= 0.6 is 27.5 Å². The van der Waals surface area contributed by atoms with Crippen LogP contribution < -0.4 is 9.62 Å². The molecular weight excluding hydrogens is 530 g/mol. The molecule has 10 heteroatoms. The van der Waals surface area contributed by atoms with Gasteiger partial charge in [-0.2, -0.15) is 0 Å². The summed E-state index contributed by atoms with van der Waals surface area (Å²) in [4.78, 5) is 27.7. The third-order valence-electron chi connectivity index (χ3n) is 5.23. The average Bonchev–Trinajstić information content (AvgIpc) is 2.76. The summed E-state index contributed by atoms with van der Waals surface area (Å²) in [6.07, 6.45) is 1.76. The Morgan fingerprint density at radius 1 is 1.09 bits per heavy atom. The van der Waals surface area contributed by atoms with Gasteiger partial charge in [-0.1, -0.05) is 58.7 Å². The second kappa shape index (κ2) is 11.9. The van der Waals surface area contributed by atoms with E-state index in [2.05, 4.69) is 21.2 Å². The molecule has 0 fully saturated rings. The fourth-order valence-corrected chi connectivity index (χ4v) is 4.50. The van der Waals surface area contributed by atoms with Gasteiger partial charge in [-0.15, -0.1) is 0 Å². The fraction of sp³-hybridized carbons (Fsp3) is 0.391. The van der Waals surface area contributed by atoms with Gasteiger partial charge < -0.3 is 10.2 Å². The molecule has 1 N–H and O–H groups in total. The zero-order chi connectivity index (χ0) is 24.8. The Morgan fingerprint density at radius 3 is 2.24 bits per heavy atom. The Balaban J connectivity index is 2.39. The van der Waals surface area contributed by atoms with Crippen molar-refractivity contribution in [2.45, 2.75) is 45.8 Å². The lowest BCUT2D eigenvalue weighted by molar-refractivity contribution is -0.139. The number of carbonyl (C=O) groups is 2. The molecule has 0 saturated carbocycles. The largest absolute Gasteiger partial charge is 0.352 e. The van der Waals surface area contributed by atoms with Crippen LogP contribution in [0.25, 0.3) is 0 Å². The zero-order valence-corrected chi connectivity index (χ0v) is 22.2. The molecule has 0 spiro atoms. The lowest BCUT2D eigenvalue weighted by Crippen LogP contribution is -2.52. The molecular formula is C23H29BrClN3O4S. The maximum Gasteiger partial charge on any atom is 0.244 e. The maximum absolute atomic E-state index is 13.4. The topological polar surface area (TPSA) is 86.8 Å². The van der Waals surface area contributed by atoms with E-state index in [1.54, 1.807) is 25.1 Å². The molecule has 0 aliphatic carbocycles. The Kier molecular flexibility index (Phi) is 9.75. The number of carbonyl (C=O) groups excluding carboxylic acids is 2. The van der Waals surface area contributed by atoms with Crippen molar-refractivity contribution in [2.24, 2.45) is 0 Å². The minimum absolute atomic E-state index is 0.0553. The van der Waals surface area contributed by atoms with Gasteiger partial charge in [0.05, 0.1) is 17.0 Å². The van der Waals surface area contributed by atoms with Gasteiger partial charge in [-0.25, -0.2) is 8.42 Å². The van der Waals surface area contributed by atoms with Crippen molar-refractivity contribution in [1.29, 1.82) is 0 Å². The van der Waals surface area contributed by atoms with Crippen LogP contribution in [0.4, 0.5) is 5.69 Å². The number of hydrogen-bond acceptors (Lipinski definition) is 4. The third-order valence-corrected chi connectivity index (χ3v) is 7.21. The number of amides is 2. The van der Waals surface area contributed by atoms with Gasteiger partial charge in [0.15, 0.2) is 0 Å². The molecule has 7 nitrogen and oxygen atoms in total. The SMILES string of the molecule is CC[C@H](C)NC(=O)[C@H](C)N(Cc1ccc(Br)cc1)C(=O)CN(c1ccccc1Cl)S(C)(=O)=O. The molecule has 2 atom stereocenters. The summed E-state index contributed by atoms with van der Waals surface area (Å²) in [7, 11) is -3.82. The number of sulfonamides is 1. The van der Waals surface area contributed by atoms with Crippen molar-refractivity contribution in [3.8, 4) is 0 Å². The zero-order valence-electron chi connectivity index (χ0n) is 19.1. The summed E-state index contributed by atoms with van der Waals surface area (Å²) in [6.45, 7) is 5.12. The Hall–Kier alpha value is -2.10. The van der Waals surface area contributed by atoms with Gasteiger partial charge in [0.25, 0.3) is 0 Å². The Bertz CT molecular complexity index is 1080. The van der Waals surface area contributed by atoms with Gasteiger partial charge in [-0.05, 0) is 50.1 Å². The number of hydrogen-bond donors (Lipinski definition) is 1. The molecule has 0 unspecified atom stereocenters. The quantitative estimate of drug-likeness (QED) is 0.474. The standard InChI is InChI=1S/C23H29BrClN3O4S/c1-5-16(2)26-23(30)17(3)27(14-18-10-12-19(24)13-11-18)22(29)15-28(33(4,31)32)21-9-7-6-8-20(21)25/h6-13,16-17H,5,14-15H2,1-4H3,(H,26,30)/t16-,17-/m0/s1. The molecule has 0 aromatic heterocycles. The van der Waals surface area contributed by atoms with Gasteiger partial charge in [0.2, 0.25) is 21.8 Å². The van der Waals surface area contributed by atoms with E-state index in [4.69, 9.17) is 11.6 Å². The summed E-state index contributed by atoms with van der Waals surface area (Å²) in [5.74, 6) is -0.825. The first-order valence-corrected chi connectivity index (χ1v) is 13.5. The number of anilines is 1. The van der Waals surface area contributed by atoms with Crippen LogP contribution in [0.15, 0.2) is 53.0 Å². The van der Waals surface area contributed by atoms with Gasteiger partial charge in [0, 0.05) is 17.1 Å². The number of rotatable bonds is 10. The summed E-state index contributed by atoms with van der Waals surface area (Å²) in [5.41, 5.74) is 1.01. The highest BCUT2D eigenvalue weighted by Crippen LogP contribution is 2.27. The van der Waals surface area contributed by atoms with Crippen molar-refractivity contribution >= 4 is 55.1 Å². The summed E-state index contributed by atoms with van der Waals surface area (Å²) < 4.78 is 26.9. The average molecular weight is 559 g/mol. The first-order valence-electron chi connectivity index (χ1n) is 10.5. The highest BCUT2D eigenvalue weighted by Gasteiger charge is 2.31. The van der Waals surface area contributed by atoms with Crippen LogP contribution in [0, 0.1) is 0 Å². The normalized spacial score (nSPS) is 13.2. The monoisotopic (exact) mass is 557 g/mol. The van der Waals surface area contributed by atoms with Crippen LogP contribution in [0.5, 0.6) is 0 Å². The third kappa shape index (κ3) is 7.72. The van der Waals surface area contributed by atoms with E-state index >= 15 is 0 Å². The van der Waals surface area contributed by atoms with E-state index in [0.29, 0.717) is 0 Å². The summed E-state index contributed by atoms with van der Waals surface area (Å²) in [6, 6.07) is 12.9. The second-order valence-corrected chi connectivity index (χ2v) is 11.1. The highest BCUT2D eigenvalue weighted by atomic mass is 79.9. The van der Waals surface area contributed by atoms with Crippen molar-refractivity contribution in [3.63, 3.8) is 0 Å². The highest BCUT2D eigenvalue weighted by molar-refractivity contribution is 9.10. The van der Waals surface area contributed by atoms with E-state index in [1.807, 2.05) is 38.1 Å². The minimum atomic E-state index is -3.82. The first-order chi connectivity index (χ1) is 15.4. The van der Waals surface area contributed by atoms with Crippen LogP contribution in [0.2, 0.25) is 5.02 Å². The number of benzene rings is 2. The molecule has 33 heavy (non-hydrogen) atoms.